The predicted molar refractivity (Wildman–Crippen MR) is 63.5 cm³/mol. The number of benzene rings is 1. The quantitative estimate of drug-likeness (QED) is 0.890. The summed E-state index contributed by atoms with van der Waals surface area (Å²) in [6.45, 7) is 2.32. The number of halogens is 2. The van der Waals surface area contributed by atoms with Gasteiger partial charge in [-0.15, -0.1) is 0 Å². The summed E-state index contributed by atoms with van der Waals surface area (Å²) in [6, 6.07) is 4.99. The molecule has 2 N–H and O–H groups in total. The number of nitrogens with two attached hydrogens (primary N) is 1. The molecule has 0 aliphatic heterocycles. The number of carbonyl (C=O) groups excluding carboxylic acids is 1. The molecule has 0 spiro atoms. The van der Waals surface area contributed by atoms with Gasteiger partial charge in [-0.1, -0.05) is 23.2 Å². The Morgan fingerprint density at radius 1 is 1.47 bits per heavy atom. The highest BCUT2D eigenvalue weighted by Crippen LogP contribution is 2.28. The summed E-state index contributed by atoms with van der Waals surface area (Å²) in [5.74, 6) is -0.179. The van der Waals surface area contributed by atoms with Gasteiger partial charge >= 0.3 is 0 Å². The molecular weight excluding hydrogens is 235 g/mol. The Labute approximate surface area is 98.8 Å². The van der Waals surface area contributed by atoms with Crippen LogP contribution in [-0.4, -0.2) is 19.0 Å². The molecule has 82 valence electrons. The van der Waals surface area contributed by atoms with Gasteiger partial charge in [0.1, 0.15) is 0 Å². The maximum Gasteiger partial charge on any atom is 0.240 e. The van der Waals surface area contributed by atoms with Gasteiger partial charge in [-0.25, -0.2) is 0 Å². The molecule has 0 aliphatic rings. The Balaban J connectivity index is 3.11. The predicted octanol–water partition coefficient (Wildman–Crippen LogP) is 2.31. The number of rotatable bonds is 3. The topological polar surface area (TPSA) is 46.3 Å². The van der Waals surface area contributed by atoms with Gasteiger partial charge < -0.3 is 10.6 Å². The summed E-state index contributed by atoms with van der Waals surface area (Å²) in [5.41, 5.74) is 5.91. The van der Waals surface area contributed by atoms with Gasteiger partial charge in [0.25, 0.3) is 0 Å². The van der Waals surface area contributed by atoms with Crippen molar-refractivity contribution in [3.8, 4) is 0 Å². The van der Waals surface area contributed by atoms with Crippen LogP contribution in [0.25, 0.3) is 0 Å². The van der Waals surface area contributed by atoms with Crippen LogP contribution in [-0.2, 0) is 4.79 Å². The van der Waals surface area contributed by atoms with E-state index < -0.39 is 0 Å². The monoisotopic (exact) mass is 246 g/mol. The van der Waals surface area contributed by atoms with Crippen molar-refractivity contribution in [3.63, 3.8) is 0 Å². The van der Waals surface area contributed by atoms with E-state index in [1.807, 2.05) is 6.92 Å². The van der Waals surface area contributed by atoms with Gasteiger partial charge in [0.2, 0.25) is 5.91 Å². The van der Waals surface area contributed by atoms with Crippen molar-refractivity contribution in [3.05, 3.63) is 28.2 Å². The van der Waals surface area contributed by atoms with Crippen LogP contribution in [0.3, 0.4) is 0 Å². The summed E-state index contributed by atoms with van der Waals surface area (Å²) in [4.78, 5) is 13.0. The van der Waals surface area contributed by atoms with E-state index in [0.29, 0.717) is 22.3 Å². The summed E-state index contributed by atoms with van der Waals surface area (Å²) in [7, 11) is 0. The summed E-state index contributed by atoms with van der Waals surface area (Å²) >= 11 is 11.8. The van der Waals surface area contributed by atoms with E-state index in [4.69, 9.17) is 28.9 Å². The first-order chi connectivity index (χ1) is 7.10. The van der Waals surface area contributed by atoms with E-state index in [9.17, 15) is 4.79 Å². The molecule has 5 heteroatoms. The van der Waals surface area contributed by atoms with E-state index in [0.717, 1.165) is 0 Å². The lowest BCUT2D eigenvalue weighted by Gasteiger charge is -2.21. The minimum absolute atomic E-state index is 0.0450. The second-order valence-corrected chi connectivity index (χ2v) is 3.78. The molecule has 0 aliphatic carbocycles. The normalized spacial score (nSPS) is 10.1. The summed E-state index contributed by atoms with van der Waals surface area (Å²) < 4.78 is 0. The first-order valence-corrected chi connectivity index (χ1v) is 5.31. The lowest BCUT2D eigenvalue weighted by atomic mass is 10.2. The number of hydrogen-bond acceptors (Lipinski definition) is 2. The molecule has 0 saturated heterocycles. The Bertz CT molecular complexity index is 368. The molecule has 1 aromatic rings. The second kappa shape index (κ2) is 5.35. The Morgan fingerprint density at radius 2 is 2.13 bits per heavy atom. The lowest BCUT2D eigenvalue weighted by Crippen LogP contribution is -2.36. The van der Waals surface area contributed by atoms with Gasteiger partial charge in [-0.3, -0.25) is 4.79 Å². The van der Waals surface area contributed by atoms with Crippen LogP contribution in [0.1, 0.15) is 6.92 Å². The van der Waals surface area contributed by atoms with Crippen LogP contribution in [0, 0.1) is 0 Å². The third-order valence-corrected chi connectivity index (χ3v) is 2.55. The zero-order valence-corrected chi connectivity index (χ0v) is 9.85. The highest BCUT2D eigenvalue weighted by Gasteiger charge is 2.15. The minimum atomic E-state index is -0.179. The molecule has 1 aromatic carbocycles. The summed E-state index contributed by atoms with van der Waals surface area (Å²) in [6.07, 6.45) is 0. The highest BCUT2D eigenvalue weighted by molar-refractivity contribution is 6.35. The molecule has 1 rings (SSSR count). The fourth-order valence-electron chi connectivity index (χ4n) is 1.28. The van der Waals surface area contributed by atoms with E-state index in [1.54, 1.807) is 18.2 Å². The van der Waals surface area contributed by atoms with Crippen molar-refractivity contribution in [2.24, 2.45) is 5.73 Å². The minimum Gasteiger partial charge on any atom is -0.322 e. The number of hydrogen-bond donors (Lipinski definition) is 1. The number of nitrogens with zero attached hydrogens (tertiary/aromatic N) is 1. The van der Waals surface area contributed by atoms with Crippen molar-refractivity contribution < 1.29 is 4.79 Å². The fraction of sp³-hybridized carbons (Fsp3) is 0.300. The lowest BCUT2D eigenvalue weighted by molar-refractivity contribution is -0.117. The van der Waals surface area contributed by atoms with Crippen LogP contribution >= 0.6 is 23.2 Å². The van der Waals surface area contributed by atoms with Crippen LogP contribution in [0.5, 0.6) is 0 Å². The molecule has 0 atom stereocenters. The van der Waals surface area contributed by atoms with Crippen LogP contribution < -0.4 is 10.6 Å². The van der Waals surface area contributed by atoms with Gasteiger partial charge in [0, 0.05) is 11.6 Å². The SMILES string of the molecule is CCN(C(=O)CN)c1cc(Cl)ccc1Cl. The van der Waals surface area contributed by atoms with E-state index in [2.05, 4.69) is 0 Å². The molecule has 0 aromatic heterocycles. The average Bonchev–Trinajstić information content (AvgIpc) is 2.23. The van der Waals surface area contributed by atoms with Gasteiger partial charge in [0.15, 0.2) is 0 Å². The van der Waals surface area contributed by atoms with Crippen LogP contribution in [0.15, 0.2) is 18.2 Å². The molecule has 0 saturated carbocycles. The smallest absolute Gasteiger partial charge is 0.240 e. The maximum absolute atomic E-state index is 11.5. The van der Waals surface area contributed by atoms with E-state index in [-0.39, 0.29) is 12.5 Å². The maximum atomic E-state index is 11.5. The standard InChI is InChI=1S/C10H12Cl2N2O/c1-2-14(10(15)6-13)9-5-7(11)3-4-8(9)12/h3-5H,2,6,13H2,1H3. The van der Waals surface area contributed by atoms with Crippen LogP contribution in [0.4, 0.5) is 5.69 Å². The van der Waals surface area contributed by atoms with Crippen molar-refractivity contribution in [2.45, 2.75) is 6.92 Å². The van der Waals surface area contributed by atoms with Crippen molar-refractivity contribution in [1.29, 1.82) is 0 Å². The number of anilines is 1. The van der Waals surface area contributed by atoms with E-state index in [1.165, 1.54) is 4.90 Å². The largest absolute Gasteiger partial charge is 0.322 e. The molecule has 0 radical (unpaired) electrons. The van der Waals surface area contributed by atoms with Gasteiger partial charge in [0.05, 0.1) is 17.3 Å². The second-order valence-electron chi connectivity index (χ2n) is 2.94. The molecule has 0 heterocycles. The highest BCUT2D eigenvalue weighted by atomic mass is 35.5. The Morgan fingerprint density at radius 3 is 2.67 bits per heavy atom. The van der Waals surface area contributed by atoms with Crippen molar-refractivity contribution in [1.82, 2.24) is 0 Å². The number of amides is 1. The van der Waals surface area contributed by atoms with Gasteiger partial charge in [-0.05, 0) is 25.1 Å². The molecule has 0 fully saturated rings. The van der Waals surface area contributed by atoms with Gasteiger partial charge in [-0.2, -0.15) is 0 Å². The Hall–Kier alpha value is -0.770. The third-order valence-electron chi connectivity index (χ3n) is 1.99. The van der Waals surface area contributed by atoms with E-state index >= 15 is 0 Å². The first kappa shape index (κ1) is 12.3. The molecule has 0 unspecified atom stereocenters. The van der Waals surface area contributed by atoms with Crippen LogP contribution in [0.2, 0.25) is 10.0 Å². The fourth-order valence-corrected chi connectivity index (χ4v) is 1.67. The Kier molecular flexibility index (Phi) is 4.39. The molecule has 0 bridgehead atoms. The zero-order valence-electron chi connectivity index (χ0n) is 8.34. The molecular formula is C10H12Cl2N2O. The number of carbonyl (C=O) groups is 1. The summed E-state index contributed by atoms with van der Waals surface area (Å²) in [5, 5.41) is 1.03. The third kappa shape index (κ3) is 2.84. The average molecular weight is 247 g/mol. The number of likely N-dealkylation sites (N-methyl/N-ethyl adjacent to an activating group) is 1. The zero-order chi connectivity index (χ0) is 11.4. The first-order valence-electron chi connectivity index (χ1n) is 4.55. The van der Waals surface area contributed by atoms with Crippen molar-refractivity contribution in [2.75, 3.05) is 18.0 Å². The molecule has 15 heavy (non-hydrogen) atoms. The molecule has 3 nitrogen and oxygen atoms in total. The molecule has 1 amide bonds. The van der Waals surface area contributed by atoms with Crippen molar-refractivity contribution >= 4 is 34.8 Å².